The zero-order chi connectivity index (χ0) is 17.4. The summed E-state index contributed by atoms with van der Waals surface area (Å²) in [5.41, 5.74) is 9.28. The summed E-state index contributed by atoms with van der Waals surface area (Å²) in [4.78, 5) is 22.3. The fraction of sp³-hybridized carbons (Fsp3) is 0.316. The van der Waals surface area contributed by atoms with Crippen molar-refractivity contribution < 1.29 is 4.79 Å². The van der Waals surface area contributed by atoms with Crippen molar-refractivity contribution in [1.29, 1.82) is 0 Å². The highest BCUT2D eigenvalue weighted by Crippen LogP contribution is 2.35. The van der Waals surface area contributed by atoms with E-state index in [0.717, 1.165) is 42.5 Å². The largest absolute Gasteiger partial charge is 0.366 e. The first-order valence-corrected chi connectivity index (χ1v) is 8.52. The Morgan fingerprint density at radius 2 is 1.92 bits per heavy atom. The molecule has 2 N–H and O–H groups in total. The normalized spacial score (nSPS) is 16.4. The van der Waals surface area contributed by atoms with Gasteiger partial charge in [0.2, 0.25) is 5.91 Å². The number of aromatic nitrogens is 3. The van der Waals surface area contributed by atoms with Crippen molar-refractivity contribution in [3.63, 3.8) is 0 Å². The molecule has 1 saturated heterocycles. The van der Waals surface area contributed by atoms with Crippen LogP contribution in [0.5, 0.6) is 0 Å². The second-order valence-electron chi connectivity index (χ2n) is 6.72. The van der Waals surface area contributed by atoms with E-state index in [1.807, 2.05) is 12.1 Å². The average Bonchev–Trinajstić information content (AvgIpc) is 3.02. The number of nitrogens with two attached hydrogens (primary N) is 1. The lowest BCUT2D eigenvalue weighted by molar-refractivity contribution is 0.100. The molecule has 0 bridgehead atoms. The summed E-state index contributed by atoms with van der Waals surface area (Å²) in [7, 11) is 2.16. The van der Waals surface area contributed by atoms with Crippen LogP contribution in [-0.4, -0.2) is 45.5 Å². The van der Waals surface area contributed by atoms with Gasteiger partial charge in [-0.3, -0.25) is 4.79 Å². The maximum atomic E-state index is 11.6. The molecule has 0 atom stereocenters. The van der Waals surface area contributed by atoms with Crippen molar-refractivity contribution in [2.24, 2.45) is 5.73 Å². The van der Waals surface area contributed by atoms with Gasteiger partial charge in [0.15, 0.2) is 0 Å². The number of carbonyl (C=O) groups excluding carboxylic acids is 1. The van der Waals surface area contributed by atoms with Gasteiger partial charge in [-0.2, -0.15) is 0 Å². The lowest BCUT2D eigenvalue weighted by Crippen LogP contribution is -2.29. The standard InChI is InChI=1S/C19H21N5O/c1-23-6-4-13(5-7-23)17-11-24(15-9-21-12-22-10-15)18-3-2-14(19(20)25)8-16(17)18/h2-3,8-13H,4-7H2,1H3,(H2,20,25). The van der Waals surface area contributed by atoms with E-state index >= 15 is 0 Å². The van der Waals surface area contributed by atoms with E-state index in [9.17, 15) is 4.79 Å². The number of hydrogen-bond acceptors (Lipinski definition) is 4. The van der Waals surface area contributed by atoms with Gasteiger partial charge in [-0.15, -0.1) is 0 Å². The number of piperidine rings is 1. The van der Waals surface area contributed by atoms with Gasteiger partial charge in [0.05, 0.1) is 23.6 Å². The minimum Gasteiger partial charge on any atom is -0.366 e. The third kappa shape index (κ3) is 2.89. The summed E-state index contributed by atoms with van der Waals surface area (Å²) >= 11 is 0. The minimum atomic E-state index is -0.396. The molecule has 6 heteroatoms. The number of benzene rings is 1. The first kappa shape index (κ1) is 15.8. The van der Waals surface area contributed by atoms with Crippen LogP contribution >= 0.6 is 0 Å². The highest BCUT2D eigenvalue weighted by molar-refractivity contribution is 5.98. The highest BCUT2D eigenvalue weighted by Gasteiger charge is 2.23. The van der Waals surface area contributed by atoms with Gasteiger partial charge >= 0.3 is 0 Å². The highest BCUT2D eigenvalue weighted by atomic mass is 16.1. The predicted molar refractivity (Wildman–Crippen MR) is 96.9 cm³/mol. The maximum Gasteiger partial charge on any atom is 0.248 e. The fourth-order valence-corrected chi connectivity index (χ4v) is 3.68. The topological polar surface area (TPSA) is 77.0 Å². The Kier molecular flexibility index (Phi) is 3.97. The van der Waals surface area contributed by atoms with Crippen LogP contribution in [0.15, 0.2) is 43.1 Å². The maximum absolute atomic E-state index is 11.6. The van der Waals surface area contributed by atoms with Gasteiger partial charge in [0.1, 0.15) is 6.33 Å². The Morgan fingerprint density at radius 3 is 2.60 bits per heavy atom. The molecule has 3 heterocycles. The fourth-order valence-electron chi connectivity index (χ4n) is 3.68. The predicted octanol–water partition coefficient (Wildman–Crippen LogP) is 2.33. The number of likely N-dealkylation sites (tertiary alicyclic amines) is 1. The molecule has 3 aromatic rings. The second-order valence-corrected chi connectivity index (χ2v) is 6.72. The van der Waals surface area contributed by atoms with Crippen LogP contribution in [-0.2, 0) is 0 Å². The van der Waals surface area contributed by atoms with Gasteiger partial charge in [0.25, 0.3) is 0 Å². The van der Waals surface area contributed by atoms with E-state index in [1.165, 1.54) is 11.9 Å². The number of carbonyl (C=O) groups is 1. The van der Waals surface area contributed by atoms with Crippen LogP contribution in [0.25, 0.3) is 16.6 Å². The smallest absolute Gasteiger partial charge is 0.248 e. The molecule has 0 unspecified atom stereocenters. The van der Waals surface area contributed by atoms with E-state index in [4.69, 9.17) is 5.73 Å². The van der Waals surface area contributed by atoms with Crippen molar-refractivity contribution >= 4 is 16.8 Å². The summed E-state index contributed by atoms with van der Waals surface area (Å²) in [5.74, 6) is 0.0831. The van der Waals surface area contributed by atoms with Crippen molar-refractivity contribution in [3.05, 3.63) is 54.2 Å². The minimum absolute atomic E-state index is 0.396. The molecular formula is C19H21N5O. The molecule has 1 aliphatic heterocycles. The molecule has 4 rings (SSSR count). The molecule has 25 heavy (non-hydrogen) atoms. The Hall–Kier alpha value is -2.73. The number of nitrogens with zero attached hydrogens (tertiary/aromatic N) is 4. The summed E-state index contributed by atoms with van der Waals surface area (Å²) < 4.78 is 2.10. The molecule has 1 fully saturated rings. The number of rotatable bonds is 3. The summed E-state index contributed by atoms with van der Waals surface area (Å²) in [5, 5.41) is 1.09. The van der Waals surface area contributed by atoms with E-state index < -0.39 is 5.91 Å². The number of amides is 1. The van der Waals surface area contributed by atoms with Crippen LogP contribution in [0.3, 0.4) is 0 Å². The molecule has 6 nitrogen and oxygen atoms in total. The molecule has 128 valence electrons. The van der Waals surface area contributed by atoms with Crippen LogP contribution in [0.1, 0.15) is 34.7 Å². The number of fused-ring (bicyclic) bond motifs is 1. The quantitative estimate of drug-likeness (QED) is 0.797. The van der Waals surface area contributed by atoms with Crippen LogP contribution in [0, 0.1) is 0 Å². The zero-order valence-electron chi connectivity index (χ0n) is 14.2. The number of hydrogen-bond donors (Lipinski definition) is 1. The van der Waals surface area contributed by atoms with Gasteiger partial charge in [-0.25, -0.2) is 9.97 Å². The molecular weight excluding hydrogens is 314 g/mol. The molecule has 2 aromatic heterocycles. The lowest BCUT2D eigenvalue weighted by atomic mass is 9.89. The van der Waals surface area contributed by atoms with Crippen LogP contribution < -0.4 is 5.73 Å². The summed E-state index contributed by atoms with van der Waals surface area (Å²) in [6, 6.07) is 5.66. The van der Waals surface area contributed by atoms with Crippen LogP contribution in [0.4, 0.5) is 0 Å². The zero-order valence-corrected chi connectivity index (χ0v) is 14.2. The van der Waals surface area contributed by atoms with E-state index in [1.54, 1.807) is 18.5 Å². The van der Waals surface area contributed by atoms with Crippen LogP contribution in [0.2, 0.25) is 0 Å². The Morgan fingerprint density at radius 1 is 1.20 bits per heavy atom. The molecule has 1 aliphatic rings. The molecule has 0 saturated carbocycles. The van der Waals surface area contributed by atoms with E-state index in [0.29, 0.717) is 11.5 Å². The van der Waals surface area contributed by atoms with Crippen molar-refractivity contribution in [3.8, 4) is 5.69 Å². The molecule has 0 radical (unpaired) electrons. The Bertz CT molecular complexity index is 910. The average molecular weight is 335 g/mol. The third-order valence-corrected chi connectivity index (χ3v) is 5.10. The van der Waals surface area contributed by atoms with E-state index in [2.05, 4.69) is 32.7 Å². The van der Waals surface area contributed by atoms with Gasteiger partial charge in [0, 0.05) is 17.1 Å². The lowest BCUT2D eigenvalue weighted by Gasteiger charge is -2.28. The Balaban J connectivity index is 1.88. The summed E-state index contributed by atoms with van der Waals surface area (Å²) in [6.45, 7) is 2.17. The van der Waals surface area contributed by atoms with E-state index in [-0.39, 0.29) is 0 Å². The first-order valence-electron chi connectivity index (χ1n) is 8.52. The van der Waals surface area contributed by atoms with Gasteiger partial charge in [-0.05, 0) is 62.7 Å². The molecule has 0 aliphatic carbocycles. The molecule has 0 spiro atoms. The SMILES string of the molecule is CN1CCC(c2cn(-c3cncnc3)c3ccc(C(N)=O)cc23)CC1. The number of primary amides is 1. The third-order valence-electron chi connectivity index (χ3n) is 5.10. The Labute approximate surface area is 146 Å². The first-order chi connectivity index (χ1) is 12.1. The second kappa shape index (κ2) is 6.29. The van der Waals surface area contributed by atoms with Gasteiger partial charge < -0.3 is 15.2 Å². The van der Waals surface area contributed by atoms with Crippen molar-refractivity contribution in [2.45, 2.75) is 18.8 Å². The van der Waals surface area contributed by atoms with Crippen molar-refractivity contribution in [1.82, 2.24) is 19.4 Å². The summed E-state index contributed by atoms with van der Waals surface area (Å²) in [6.07, 6.45) is 9.52. The van der Waals surface area contributed by atoms with Crippen molar-refractivity contribution in [2.75, 3.05) is 20.1 Å². The molecule has 1 aromatic carbocycles. The van der Waals surface area contributed by atoms with Gasteiger partial charge in [-0.1, -0.05) is 0 Å². The monoisotopic (exact) mass is 335 g/mol. The molecule has 1 amide bonds.